The Balaban J connectivity index is 2.25. The molecule has 0 aliphatic carbocycles. The lowest BCUT2D eigenvalue weighted by Crippen LogP contribution is -2.13. The van der Waals surface area contributed by atoms with Gasteiger partial charge in [-0.1, -0.05) is 11.6 Å². The summed E-state index contributed by atoms with van der Waals surface area (Å²) in [6, 6.07) is 6.57. The van der Waals surface area contributed by atoms with Gasteiger partial charge in [-0.3, -0.25) is 4.79 Å². The molecule has 2 aromatic carbocycles. The van der Waals surface area contributed by atoms with E-state index in [4.69, 9.17) is 16.7 Å². The van der Waals surface area contributed by atoms with Crippen molar-refractivity contribution in [2.75, 3.05) is 5.32 Å². The molecule has 108 valence electrons. The third-order valence-corrected chi connectivity index (χ3v) is 2.97. The van der Waals surface area contributed by atoms with Crippen LogP contribution in [0.25, 0.3) is 0 Å². The first-order chi connectivity index (χ1) is 9.88. The molecule has 0 bridgehead atoms. The van der Waals surface area contributed by atoms with E-state index in [1.54, 1.807) is 0 Å². The number of rotatable bonds is 3. The Morgan fingerprint density at radius 2 is 1.76 bits per heavy atom. The number of aromatic carboxylic acids is 1. The molecule has 7 heteroatoms. The van der Waals surface area contributed by atoms with E-state index in [0.29, 0.717) is 0 Å². The normalized spacial score (nSPS) is 10.2. The van der Waals surface area contributed by atoms with Crippen LogP contribution >= 0.6 is 11.6 Å². The quantitative estimate of drug-likeness (QED) is 0.910. The van der Waals surface area contributed by atoms with Crippen molar-refractivity contribution in [1.29, 1.82) is 0 Å². The highest BCUT2D eigenvalue weighted by Gasteiger charge is 2.13. The minimum absolute atomic E-state index is 0.0216. The first-order valence-corrected chi connectivity index (χ1v) is 6.05. The Morgan fingerprint density at radius 3 is 2.38 bits per heavy atom. The van der Waals surface area contributed by atoms with Crippen LogP contribution in [-0.4, -0.2) is 17.0 Å². The molecule has 0 radical (unpaired) electrons. The van der Waals surface area contributed by atoms with Crippen LogP contribution in [0.5, 0.6) is 0 Å². The molecule has 0 aromatic heterocycles. The predicted molar refractivity (Wildman–Crippen MR) is 72.7 cm³/mol. The van der Waals surface area contributed by atoms with Crippen molar-refractivity contribution in [3.05, 3.63) is 64.2 Å². The fourth-order valence-corrected chi connectivity index (χ4v) is 1.81. The van der Waals surface area contributed by atoms with Gasteiger partial charge in [-0.2, -0.15) is 0 Å². The number of hydrogen-bond donors (Lipinski definition) is 2. The molecule has 0 saturated heterocycles. The number of benzene rings is 2. The molecule has 2 aromatic rings. The number of amides is 1. The van der Waals surface area contributed by atoms with Crippen LogP contribution in [0.1, 0.15) is 20.7 Å². The van der Waals surface area contributed by atoms with E-state index >= 15 is 0 Å². The highest BCUT2D eigenvalue weighted by atomic mass is 35.5. The SMILES string of the molecule is O=C(Nc1ccc(Cl)c(C(=O)O)c1)c1ccc(F)c(F)c1. The lowest BCUT2D eigenvalue weighted by Gasteiger charge is -2.07. The molecule has 0 heterocycles. The number of carbonyl (C=O) groups is 2. The zero-order chi connectivity index (χ0) is 15.6. The van der Waals surface area contributed by atoms with Crippen LogP contribution < -0.4 is 5.32 Å². The number of carboxylic acids is 1. The van der Waals surface area contributed by atoms with Gasteiger partial charge in [0.05, 0.1) is 10.6 Å². The summed E-state index contributed by atoms with van der Waals surface area (Å²) < 4.78 is 25.8. The molecule has 0 aliphatic rings. The Morgan fingerprint density at radius 1 is 1.05 bits per heavy atom. The Kier molecular flexibility index (Phi) is 4.18. The highest BCUT2D eigenvalue weighted by Crippen LogP contribution is 2.21. The van der Waals surface area contributed by atoms with Crippen molar-refractivity contribution >= 4 is 29.2 Å². The number of nitrogens with one attached hydrogen (secondary N) is 1. The summed E-state index contributed by atoms with van der Waals surface area (Å²) in [6.45, 7) is 0. The molecule has 1 amide bonds. The van der Waals surface area contributed by atoms with Gasteiger partial charge in [0.2, 0.25) is 0 Å². The van der Waals surface area contributed by atoms with Crippen molar-refractivity contribution < 1.29 is 23.5 Å². The average Bonchev–Trinajstić information content (AvgIpc) is 2.43. The molecule has 2 N–H and O–H groups in total. The van der Waals surface area contributed by atoms with Gasteiger partial charge in [0.15, 0.2) is 11.6 Å². The third kappa shape index (κ3) is 3.35. The fourth-order valence-electron chi connectivity index (χ4n) is 1.61. The van der Waals surface area contributed by atoms with Crippen molar-refractivity contribution in [2.45, 2.75) is 0 Å². The monoisotopic (exact) mass is 311 g/mol. The molecule has 0 aliphatic heterocycles. The minimum Gasteiger partial charge on any atom is -0.478 e. The van der Waals surface area contributed by atoms with Gasteiger partial charge in [-0.15, -0.1) is 0 Å². The number of halogens is 3. The van der Waals surface area contributed by atoms with Crippen LogP contribution in [0.3, 0.4) is 0 Å². The highest BCUT2D eigenvalue weighted by molar-refractivity contribution is 6.33. The van der Waals surface area contributed by atoms with Crippen LogP contribution in [0, 0.1) is 11.6 Å². The van der Waals surface area contributed by atoms with Gasteiger partial charge in [0.1, 0.15) is 0 Å². The summed E-state index contributed by atoms with van der Waals surface area (Å²) in [5.74, 6) is -4.16. The van der Waals surface area contributed by atoms with Crippen LogP contribution in [-0.2, 0) is 0 Å². The maximum absolute atomic E-state index is 13.1. The van der Waals surface area contributed by atoms with Gasteiger partial charge in [-0.05, 0) is 36.4 Å². The summed E-state index contributed by atoms with van der Waals surface area (Å²) >= 11 is 5.70. The van der Waals surface area contributed by atoms with E-state index in [1.165, 1.54) is 18.2 Å². The first-order valence-electron chi connectivity index (χ1n) is 5.67. The van der Waals surface area contributed by atoms with Gasteiger partial charge in [0.25, 0.3) is 5.91 Å². The van der Waals surface area contributed by atoms with Crippen molar-refractivity contribution in [1.82, 2.24) is 0 Å². The van der Waals surface area contributed by atoms with Gasteiger partial charge in [0, 0.05) is 11.3 Å². The van der Waals surface area contributed by atoms with E-state index in [1.807, 2.05) is 0 Å². The molecule has 0 fully saturated rings. The summed E-state index contributed by atoms with van der Waals surface area (Å²) in [6.07, 6.45) is 0. The molecule has 0 spiro atoms. The van der Waals surface area contributed by atoms with Crippen LogP contribution in [0.15, 0.2) is 36.4 Å². The maximum Gasteiger partial charge on any atom is 0.337 e. The molecule has 0 saturated carbocycles. The zero-order valence-corrected chi connectivity index (χ0v) is 11.1. The summed E-state index contributed by atoms with van der Waals surface area (Å²) in [5.41, 5.74) is -0.105. The lowest BCUT2D eigenvalue weighted by molar-refractivity contribution is 0.0696. The minimum atomic E-state index is -1.25. The van der Waals surface area contributed by atoms with E-state index in [2.05, 4.69) is 5.32 Å². The number of anilines is 1. The van der Waals surface area contributed by atoms with Crippen molar-refractivity contribution in [3.63, 3.8) is 0 Å². The van der Waals surface area contributed by atoms with Crippen LogP contribution in [0.4, 0.5) is 14.5 Å². The van der Waals surface area contributed by atoms with E-state index in [9.17, 15) is 18.4 Å². The van der Waals surface area contributed by atoms with Gasteiger partial charge >= 0.3 is 5.97 Å². The number of hydrogen-bond acceptors (Lipinski definition) is 2. The molecule has 0 unspecified atom stereocenters. The lowest BCUT2D eigenvalue weighted by atomic mass is 10.1. The predicted octanol–water partition coefficient (Wildman–Crippen LogP) is 3.57. The number of carboxylic acid groups (broad SMARTS) is 1. The van der Waals surface area contributed by atoms with E-state index in [-0.39, 0.29) is 21.8 Å². The summed E-state index contributed by atoms with van der Waals surface area (Å²) in [4.78, 5) is 22.8. The molecule has 2 rings (SSSR count). The molecular weight excluding hydrogens is 304 g/mol. The molecule has 21 heavy (non-hydrogen) atoms. The molecule has 0 atom stereocenters. The first kappa shape index (κ1) is 14.9. The zero-order valence-electron chi connectivity index (χ0n) is 10.4. The van der Waals surface area contributed by atoms with Gasteiger partial charge < -0.3 is 10.4 Å². The summed E-state index contributed by atoms with van der Waals surface area (Å²) in [7, 11) is 0. The van der Waals surface area contributed by atoms with Gasteiger partial charge in [-0.25, -0.2) is 13.6 Å². The maximum atomic E-state index is 13.1. The second-order valence-electron chi connectivity index (χ2n) is 4.08. The molecule has 4 nitrogen and oxygen atoms in total. The molecular formula is C14H8ClF2NO3. The van der Waals surface area contributed by atoms with Crippen LogP contribution in [0.2, 0.25) is 5.02 Å². The third-order valence-electron chi connectivity index (χ3n) is 2.64. The smallest absolute Gasteiger partial charge is 0.337 e. The van der Waals surface area contributed by atoms with E-state index in [0.717, 1.165) is 18.2 Å². The second kappa shape index (κ2) is 5.88. The van der Waals surface area contributed by atoms with Crippen molar-refractivity contribution in [3.8, 4) is 0 Å². The topological polar surface area (TPSA) is 66.4 Å². The average molecular weight is 312 g/mol. The Labute approximate surface area is 123 Å². The van der Waals surface area contributed by atoms with Crippen molar-refractivity contribution in [2.24, 2.45) is 0 Å². The Hall–Kier alpha value is -2.47. The second-order valence-corrected chi connectivity index (χ2v) is 4.49. The summed E-state index contributed by atoms with van der Waals surface area (Å²) in [5, 5.41) is 11.3. The van der Waals surface area contributed by atoms with E-state index < -0.39 is 23.5 Å². The number of carbonyl (C=O) groups excluding carboxylic acids is 1. The Bertz CT molecular complexity index is 734. The fraction of sp³-hybridized carbons (Fsp3) is 0. The standard InChI is InChI=1S/C14H8ClF2NO3/c15-10-3-2-8(6-9(10)14(20)21)18-13(19)7-1-4-11(16)12(17)5-7/h1-6H,(H,18,19)(H,20,21). The largest absolute Gasteiger partial charge is 0.478 e.